The summed E-state index contributed by atoms with van der Waals surface area (Å²) in [6.07, 6.45) is 0.247. The van der Waals surface area contributed by atoms with E-state index in [1.807, 2.05) is 75.4 Å². The molecule has 0 saturated heterocycles. The van der Waals surface area contributed by atoms with Crippen molar-refractivity contribution in [2.45, 2.75) is 44.7 Å². The van der Waals surface area contributed by atoms with E-state index in [4.69, 9.17) is 16.3 Å². The first-order valence-corrected chi connectivity index (χ1v) is 16.6. The van der Waals surface area contributed by atoms with Crippen LogP contribution in [0.25, 0.3) is 0 Å². The standard InChI is InChI=1S/C35H38ClN3O5S/c1-4-37-35(41)33(23-27-9-7-6-8-10-27)38(24-28-13-11-26(3)12-14-28)34(40)25-39(30-17-19-31(20-18-30)44-5-2)45(42,43)32-21-15-29(36)16-22-32/h6-22,33H,4-5,23-25H2,1-3H3,(H,37,41)/t33-/m1/s1. The van der Waals surface area contributed by atoms with Crippen molar-refractivity contribution in [2.24, 2.45) is 0 Å². The second-order valence-corrected chi connectivity index (χ2v) is 12.8. The fourth-order valence-corrected chi connectivity index (χ4v) is 6.41. The Morgan fingerprint density at radius 2 is 1.49 bits per heavy atom. The number of amides is 2. The van der Waals surface area contributed by atoms with E-state index in [-0.39, 0.29) is 29.5 Å². The predicted molar refractivity (Wildman–Crippen MR) is 178 cm³/mol. The minimum absolute atomic E-state index is 0.0248. The number of likely N-dealkylation sites (N-methyl/N-ethyl adjacent to an activating group) is 1. The van der Waals surface area contributed by atoms with E-state index >= 15 is 0 Å². The maximum absolute atomic E-state index is 14.4. The molecule has 0 aliphatic rings. The number of rotatable bonds is 14. The fraction of sp³-hybridized carbons (Fsp3) is 0.257. The van der Waals surface area contributed by atoms with Gasteiger partial charge in [-0.05, 0) is 80.4 Å². The van der Waals surface area contributed by atoms with Gasteiger partial charge in [0.2, 0.25) is 11.8 Å². The summed E-state index contributed by atoms with van der Waals surface area (Å²) in [5.41, 5.74) is 3.00. The number of halogens is 1. The molecule has 10 heteroatoms. The first kappa shape index (κ1) is 33.6. The lowest BCUT2D eigenvalue weighted by Gasteiger charge is -2.34. The van der Waals surface area contributed by atoms with E-state index in [2.05, 4.69) is 5.32 Å². The Hall–Kier alpha value is -4.34. The molecular formula is C35H38ClN3O5S. The van der Waals surface area contributed by atoms with Crippen LogP contribution in [0.2, 0.25) is 5.02 Å². The number of aryl methyl sites for hydroxylation is 1. The molecule has 0 unspecified atom stereocenters. The minimum Gasteiger partial charge on any atom is -0.494 e. The molecule has 0 aliphatic heterocycles. The van der Waals surface area contributed by atoms with Crippen LogP contribution in [0.3, 0.4) is 0 Å². The van der Waals surface area contributed by atoms with Crippen molar-refractivity contribution >= 4 is 39.1 Å². The molecule has 0 fully saturated rings. The summed E-state index contributed by atoms with van der Waals surface area (Å²) in [6.45, 7) is 6.02. The van der Waals surface area contributed by atoms with Gasteiger partial charge < -0.3 is 15.0 Å². The SMILES string of the molecule is CCNC(=O)[C@@H](Cc1ccccc1)N(Cc1ccc(C)cc1)C(=O)CN(c1ccc(OCC)cc1)S(=O)(=O)c1ccc(Cl)cc1. The molecule has 2 amide bonds. The smallest absolute Gasteiger partial charge is 0.264 e. The average molecular weight is 648 g/mol. The quantitative estimate of drug-likeness (QED) is 0.181. The van der Waals surface area contributed by atoms with Gasteiger partial charge in [0.15, 0.2) is 0 Å². The monoisotopic (exact) mass is 647 g/mol. The van der Waals surface area contributed by atoms with Crippen LogP contribution in [-0.2, 0) is 32.6 Å². The highest BCUT2D eigenvalue weighted by atomic mass is 35.5. The normalized spacial score (nSPS) is 11.8. The maximum atomic E-state index is 14.4. The molecule has 4 aromatic carbocycles. The highest BCUT2D eigenvalue weighted by Crippen LogP contribution is 2.28. The molecule has 1 atom stereocenters. The zero-order valence-corrected chi connectivity index (χ0v) is 27.2. The van der Waals surface area contributed by atoms with Crippen molar-refractivity contribution in [3.8, 4) is 5.75 Å². The molecule has 4 aromatic rings. The van der Waals surface area contributed by atoms with Crippen LogP contribution in [0, 0.1) is 6.92 Å². The number of nitrogens with zero attached hydrogens (tertiary/aromatic N) is 2. The van der Waals surface area contributed by atoms with Gasteiger partial charge in [-0.15, -0.1) is 0 Å². The van der Waals surface area contributed by atoms with Crippen LogP contribution in [0.15, 0.2) is 108 Å². The lowest BCUT2D eigenvalue weighted by atomic mass is 10.0. The zero-order valence-electron chi connectivity index (χ0n) is 25.6. The number of hydrogen-bond donors (Lipinski definition) is 1. The summed E-state index contributed by atoms with van der Waals surface area (Å²) in [5, 5.41) is 3.25. The van der Waals surface area contributed by atoms with Crippen molar-refractivity contribution in [3.05, 3.63) is 125 Å². The molecule has 8 nitrogen and oxygen atoms in total. The Labute approximate surface area is 270 Å². The lowest BCUT2D eigenvalue weighted by molar-refractivity contribution is -0.140. The van der Waals surface area contributed by atoms with Crippen molar-refractivity contribution in [3.63, 3.8) is 0 Å². The Balaban J connectivity index is 1.79. The van der Waals surface area contributed by atoms with Gasteiger partial charge in [0.05, 0.1) is 17.2 Å². The number of carbonyl (C=O) groups excluding carboxylic acids is 2. The summed E-state index contributed by atoms with van der Waals surface area (Å²) in [4.78, 5) is 29.5. The molecule has 4 rings (SSSR count). The summed E-state index contributed by atoms with van der Waals surface area (Å²) < 4.78 is 34.8. The zero-order chi connectivity index (χ0) is 32.4. The van der Waals surface area contributed by atoms with E-state index in [0.717, 1.165) is 21.0 Å². The molecule has 0 radical (unpaired) electrons. The molecule has 0 heterocycles. The second-order valence-electron chi connectivity index (χ2n) is 10.5. The molecular weight excluding hydrogens is 610 g/mol. The summed E-state index contributed by atoms with van der Waals surface area (Å²) >= 11 is 6.05. The number of hydrogen-bond acceptors (Lipinski definition) is 5. The van der Waals surface area contributed by atoms with Gasteiger partial charge in [0.1, 0.15) is 18.3 Å². The number of nitrogens with one attached hydrogen (secondary N) is 1. The van der Waals surface area contributed by atoms with E-state index in [0.29, 0.717) is 23.9 Å². The number of ether oxygens (including phenoxy) is 1. The molecule has 0 aromatic heterocycles. The Kier molecular flexibility index (Phi) is 11.6. The van der Waals surface area contributed by atoms with Crippen molar-refractivity contribution in [2.75, 3.05) is 24.0 Å². The van der Waals surface area contributed by atoms with Crippen LogP contribution in [0.1, 0.15) is 30.5 Å². The number of carbonyl (C=O) groups is 2. The van der Waals surface area contributed by atoms with E-state index < -0.39 is 28.5 Å². The Morgan fingerprint density at radius 3 is 2.09 bits per heavy atom. The van der Waals surface area contributed by atoms with Crippen LogP contribution < -0.4 is 14.4 Å². The second kappa shape index (κ2) is 15.6. The topological polar surface area (TPSA) is 96.0 Å². The van der Waals surface area contributed by atoms with Gasteiger partial charge >= 0.3 is 0 Å². The number of anilines is 1. The fourth-order valence-electron chi connectivity index (χ4n) is 4.87. The largest absolute Gasteiger partial charge is 0.494 e. The van der Waals surface area contributed by atoms with Crippen LogP contribution in [0.4, 0.5) is 5.69 Å². The molecule has 1 N–H and O–H groups in total. The van der Waals surface area contributed by atoms with Crippen molar-refractivity contribution < 1.29 is 22.7 Å². The molecule has 0 saturated carbocycles. The summed E-state index contributed by atoms with van der Waals surface area (Å²) in [6, 6.07) is 28.5. The average Bonchev–Trinajstić information content (AvgIpc) is 3.03. The van der Waals surface area contributed by atoms with Gasteiger partial charge in [0.25, 0.3) is 10.0 Å². The molecule has 0 spiro atoms. The first-order valence-electron chi connectivity index (χ1n) is 14.8. The number of benzene rings is 4. The molecule has 45 heavy (non-hydrogen) atoms. The summed E-state index contributed by atoms with van der Waals surface area (Å²) in [7, 11) is -4.23. The van der Waals surface area contributed by atoms with E-state index in [1.54, 1.807) is 24.3 Å². The Bertz CT molecular complexity index is 1660. The Morgan fingerprint density at radius 1 is 0.844 bits per heavy atom. The predicted octanol–water partition coefficient (Wildman–Crippen LogP) is 6.02. The van der Waals surface area contributed by atoms with E-state index in [1.165, 1.54) is 29.2 Å². The highest BCUT2D eigenvalue weighted by molar-refractivity contribution is 7.92. The molecule has 236 valence electrons. The van der Waals surface area contributed by atoms with Gasteiger partial charge in [-0.3, -0.25) is 13.9 Å². The third-order valence-corrected chi connectivity index (χ3v) is 9.25. The van der Waals surface area contributed by atoms with Gasteiger partial charge in [-0.1, -0.05) is 71.8 Å². The highest BCUT2D eigenvalue weighted by Gasteiger charge is 2.34. The van der Waals surface area contributed by atoms with Crippen LogP contribution >= 0.6 is 11.6 Å². The third kappa shape index (κ3) is 8.86. The van der Waals surface area contributed by atoms with Gasteiger partial charge in [-0.2, -0.15) is 0 Å². The van der Waals surface area contributed by atoms with Crippen molar-refractivity contribution in [1.29, 1.82) is 0 Å². The van der Waals surface area contributed by atoms with Crippen molar-refractivity contribution in [1.82, 2.24) is 10.2 Å². The van der Waals surface area contributed by atoms with E-state index in [9.17, 15) is 18.0 Å². The third-order valence-electron chi connectivity index (χ3n) is 7.21. The van der Waals surface area contributed by atoms with Crippen LogP contribution in [-0.4, -0.2) is 50.9 Å². The number of sulfonamides is 1. The maximum Gasteiger partial charge on any atom is 0.264 e. The summed E-state index contributed by atoms with van der Waals surface area (Å²) in [5.74, 6) is -0.291. The minimum atomic E-state index is -4.23. The lowest BCUT2D eigenvalue weighted by Crippen LogP contribution is -2.53. The first-order chi connectivity index (χ1) is 21.6. The molecule has 0 aliphatic carbocycles. The molecule has 0 bridgehead atoms. The van der Waals surface area contributed by atoms with Gasteiger partial charge in [0, 0.05) is 24.5 Å². The van der Waals surface area contributed by atoms with Crippen LogP contribution in [0.5, 0.6) is 5.75 Å². The van der Waals surface area contributed by atoms with Gasteiger partial charge in [-0.25, -0.2) is 8.42 Å².